The fourth-order valence-electron chi connectivity index (χ4n) is 3.87. The molecule has 1 aromatic heterocycles. The smallest absolute Gasteiger partial charge is 0.326 e. The fourth-order valence-corrected chi connectivity index (χ4v) is 5.34. The molecule has 1 aromatic carbocycles. The number of rotatable bonds is 5. The van der Waals surface area contributed by atoms with Crippen molar-refractivity contribution in [2.24, 2.45) is 7.05 Å². The largest absolute Gasteiger partial charge is 0.345 e. The van der Waals surface area contributed by atoms with E-state index in [9.17, 15) is 18.0 Å². The summed E-state index contributed by atoms with van der Waals surface area (Å²) in [6.45, 7) is 2.17. The van der Waals surface area contributed by atoms with Crippen LogP contribution >= 0.6 is 0 Å². The first-order valence-corrected chi connectivity index (χ1v) is 11.2. The van der Waals surface area contributed by atoms with Crippen LogP contribution in [0, 0.1) is 0 Å². The van der Waals surface area contributed by atoms with Gasteiger partial charge >= 0.3 is 5.69 Å². The molecule has 2 heterocycles. The van der Waals surface area contributed by atoms with E-state index in [1.807, 2.05) is 0 Å². The van der Waals surface area contributed by atoms with Gasteiger partial charge in [0.15, 0.2) is 0 Å². The van der Waals surface area contributed by atoms with E-state index in [0.717, 1.165) is 18.7 Å². The molecule has 2 fully saturated rings. The number of nitrogens with zero attached hydrogens (tertiary/aromatic N) is 4. The molecule has 0 atom stereocenters. The molecule has 1 amide bonds. The van der Waals surface area contributed by atoms with Crippen molar-refractivity contribution in [3.05, 3.63) is 40.6 Å². The van der Waals surface area contributed by atoms with Crippen LogP contribution in [0.25, 0.3) is 0 Å². The van der Waals surface area contributed by atoms with Gasteiger partial charge in [-0.25, -0.2) is 17.9 Å². The van der Waals surface area contributed by atoms with Gasteiger partial charge < -0.3 is 5.32 Å². The second-order valence-corrected chi connectivity index (χ2v) is 9.69. The number of carbonyl (C=O) groups is 1. The summed E-state index contributed by atoms with van der Waals surface area (Å²) in [6, 6.07) is 6.44. The average molecular weight is 420 g/mol. The molecule has 156 valence electrons. The Bertz CT molecular complexity index is 1070. The van der Waals surface area contributed by atoms with Crippen LogP contribution in [0.3, 0.4) is 0 Å². The highest BCUT2D eigenvalue weighted by Crippen LogP contribution is 2.38. The SMILES string of the molecule is CC(=O)Nc1ccc(S(=O)(=O)N2CCC(c3nn(C)c(=O)n3C3CC3)CC2)cc1. The summed E-state index contributed by atoms with van der Waals surface area (Å²) in [5.41, 5.74) is 0.472. The van der Waals surface area contributed by atoms with Gasteiger partial charge in [0.2, 0.25) is 15.9 Å². The van der Waals surface area contributed by atoms with Crippen LogP contribution in [0.15, 0.2) is 34.0 Å². The molecule has 9 nitrogen and oxygen atoms in total. The van der Waals surface area contributed by atoms with E-state index in [1.54, 1.807) is 23.7 Å². The van der Waals surface area contributed by atoms with Crippen molar-refractivity contribution in [1.82, 2.24) is 18.7 Å². The van der Waals surface area contributed by atoms with Gasteiger partial charge in [-0.2, -0.15) is 9.40 Å². The highest BCUT2D eigenvalue weighted by atomic mass is 32.2. The lowest BCUT2D eigenvalue weighted by atomic mass is 9.97. The molecule has 1 aliphatic heterocycles. The zero-order chi connectivity index (χ0) is 20.8. The van der Waals surface area contributed by atoms with Crippen LogP contribution in [0.2, 0.25) is 0 Å². The predicted molar refractivity (Wildman–Crippen MR) is 107 cm³/mol. The molecule has 1 N–H and O–H groups in total. The molecular formula is C19H25N5O4S. The predicted octanol–water partition coefficient (Wildman–Crippen LogP) is 1.44. The molecule has 29 heavy (non-hydrogen) atoms. The zero-order valence-corrected chi connectivity index (χ0v) is 17.4. The lowest BCUT2D eigenvalue weighted by Gasteiger charge is -2.30. The number of hydrogen-bond acceptors (Lipinski definition) is 5. The number of anilines is 1. The Morgan fingerprint density at radius 2 is 1.72 bits per heavy atom. The van der Waals surface area contributed by atoms with Crippen molar-refractivity contribution < 1.29 is 13.2 Å². The minimum Gasteiger partial charge on any atom is -0.326 e. The number of aryl methyl sites for hydroxylation is 1. The van der Waals surface area contributed by atoms with Gasteiger partial charge in [-0.05, 0) is 49.9 Å². The monoisotopic (exact) mass is 419 g/mol. The van der Waals surface area contributed by atoms with Crippen molar-refractivity contribution >= 4 is 21.6 Å². The van der Waals surface area contributed by atoms with Crippen LogP contribution in [-0.2, 0) is 21.9 Å². The van der Waals surface area contributed by atoms with E-state index < -0.39 is 10.0 Å². The van der Waals surface area contributed by atoms with Gasteiger partial charge in [0.05, 0.1) is 4.90 Å². The Morgan fingerprint density at radius 3 is 2.28 bits per heavy atom. The maximum absolute atomic E-state index is 13.0. The van der Waals surface area contributed by atoms with Gasteiger partial charge in [-0.1, -0.05) is 0 Å². The van der Waals surface area contributed by atoms with Crippen LogP contribution < -0.4 is 11.0 Å². The fraction of sp³-hybridized carbons (Fsp3) is 0.526. The van der Waals surface area contributed by atoms with Crippen LogP contribution in [0.5, 0.6) is 0 Å². The van der Waals surface area contributed by atoms with Gasteiger partial charge in [0.1, 0.15) is 5.82 Å². The number of sulfonamides is 1. The van der Waals surface area contributed by atoms with Gasteiger partial charge in [-0.15, -0.1) is 0 Å². The first kappa shape index (κ1) is 19.8. The number of benzene rings is 1. The Labute approximate surface area is 169 Å². The third kappa shape index (κ3) is 3.86. The van der Waals surface area contributed by atoms with Crippen molar-refractivity contribution in [2.75, 3.05) is 18.4 Å². The van der Waals surface area contributed by atoms with Gasteiger partial charge in [0.25, 0.3) is 0 Å². The summed E-state index contributed by atoms with van der Waals surface area (Å²) in [6.07, 6.45) is 3.26. The summed E-state index contributed by atoms with van der Waals surface area (Å²) < 4.78 is 30.6. The maximum atomic E-state index is 13.0. The molecule has 1 saturated carbocycles. The van der Waals surface area contributed by atoms with E-state index in [2.05, 4.69) is 10.4 Å². The van der Waals surface area contributed by atoms with Gasteiger partial charge in [0, 0.05) is 44.7 Å². The first-order chi connectivity index (χ1) is 13.8. The van der Waals surface area contributed by atoms with E-state index >= 15 is 0 Å². The molecule has 1 saturated heterocycles. The first-order valence-electron chi connectivity index (χ1n) is 9.80. The van der Waals surface area contributed by atoms with Crippen molar-refractivity contribution in [3.8, 4) is 0 Å². The van der Waals surface area contributed by atoms with Gasteiger partial charge in [-0.3, -0.25) is 9.36 Å². The summed E-state index contributed by atoms with van der Waals surface area (Å²) in [5, 5.41) is 7.07. The summed E-state index contributed by atoms with van der Waals surface area (Å²) in [7, 11) is -1.94. The highest BCUT2D eigenvalue weighted by Gasteiger charge is 2.36. The summed E-state index contributed by atoms with van der Waals surface area (Å²) >= 11 is 0. The molecule has 0 radical (unpaired) electrons. The number of nitrogens with one attached hydrogen (secondary N) is 1. The van der Waals surface area contributed by atoms with Crippen LogP contribution in [0.1, 0.15) is 50.4 Å². The van der Waals surface area contributed by atoms with Crippen molar-refractivity contribution in [3.63, 3.8) is 0 Å². The standard InChI is InChI=1S/C19H25N5O4S/c1-13(25)20-15-3-7-17(8-4-15)29(27,28)23-11-9-14(10-12-23)18-21-22(2)19(26)24(18)16-5-6-16/h3-4,7-8,14,16H,5-6,9-12H2,1-2H3,(H,20,25). The Morgan fingerprint density at radius 1 is 1.10 bits per heavy atom. The second-order valence-electron chi connectivity index (χ2n) is 7.75. The van der Waals surface area contributed by atoms with E-state index in [-0.39, 0.29) is 28.5 Å². The Balaban J connectivity index is 1.47. The number of piperidine rings is 1. The molecule has 2 aromatic rings. The summed E-state index contributed by atoms with van der Waals surface area (Å²) in [5.74, 6) is 0.664. The normalized spacial score (nSPS) is 18.7. The third-order valence-electron chi connectivity index (χ3n) is 5.53. The summed E-state index contributed by atoms with van der Waals surface area (Å²) in [4.78, 5) is 23.7. The Kier molecular flexibility index (Phi) is 5.07. The lowest BCUT2D eigenvalue weighted by molar-refractivity contribution is -0.114. The van der Waals surface area contributed by atoms with E-state index in [0.29, 0.717) is 31.6 Å². The number of amides is 1. The quantitative estimate of drug-likeness (QED) is 0.789. The highest BCUT2D eigenvalue weighted by molar-refractivity contribution is 7.89. The average Bonchev–Trinajstić information content (AvgIpc) is 3.48. The molecule has 0 unspecified atom stereocenters. The molecule has 4 rings (SSSR count). The minimum absolute atomic E-state index is 0.0816. The maximum Gasteiger partial charge on any atom is 0.345 e. The topological polar surface area (TPSA) is 106 Å². The Hall–Kier alpha value is -2.46. The molecule has 1 aliphatic carbocycles. The molecule has 0 spiro atoms. The van der Waals surface area contributed by atoms with E-state index in [1.165, 1.54) is 28.0 Å². The third-order valence-corrected chi connectivity index (χ3v) is 7.44. The molecule has 2 aliphatic rings. The number of hydrogen-bond donors (Lipinski definition) is 1. The molecular weight excluding hydrogens is 394 g/mol. The van der Waals surface area contributed by atoms with E-state index in [4.69, 9.17) is 0 Å². The lowest BCUT2D eigenvalue weighted by Crippen LogP contribution is -2.38. The van der Waals surface area contributed by atoms with Crippen molar-refractivity contribution in [1.29, 1.82) is 0 Å². The second kappa shape index (κ2) is 7.42. The zero-order valence-electron chi connectivity index (χ0n) is 16.5. The van der Waals surface area contributed by atoms with Crippen LogP contribution in [-0.4, -0.2) is 46.1 Å². The van der Waals surface area contributed by atoms with Crippen molar-refractivity contribution in [2.45, 2.75) is 49.5 Å². The molecule has 0 bridgehead atoms. The number of aromatic nitrogens is 3. The van der Waals surface area contributed by atoms with Crippen LogP contribution in [0.4, 0.5) is 5.69 Å². The molecule has 10 heteroatoms. The minimum atomic E-state index is -3.60. The number of carbonyl (C=O) groups excluding carboxylic acids is 1.